The normalized spacial score (nSPS) is 11.2. The number of carbonyl (C=O) groups excluding carboxylic acids is 1. The number of hydrogen-bond acceptors (Lipinski definition) is 7. The van der Waals surface area contributed by atoms with Crippen LogP contribution < -0.4 is 14.9 Å². The zero-order chi connectivity index (χ0) is 23.2. The summed E-state index contributed by atoms with van der Waals surface area (Å²) in [5.41, 5.74) is 5.34. The Morgan fingerprint density at radius 2 is 2.00 bits per heavy atom. The fourth-order valence-electron chi connectivity index (χ4n) is 3.41. The lowest BCUT2D eigenvalue weighted by Gasteiger charge is -2.10. The maximum atomic E-state index is 12.3. The van der Waals surface area contributed by atoms with E-state index in [0.29, 0.717) is 29.0 Å². The molecular formula is C23H24N6O3S. The molecule has 0 fully saturated rings. The highest BCUT2D eigenvalue weighted by Crippen LogP contribution is 2.32. The Kier molecular flexibility index (Phi) is 6.94. The molecule has 33 heavy (non-hydrogen) atoms. The minimum atomic E-state index is -0.227. The Morgan fingerprint density at radius 3 is 2.79 bits per heavy atom. The molecule has 0 aliphatic rings. The molecule has 0 saturated carbocycles. The van der Waals surface area contributed by atoms with Crippen molar-refractivity contribution in [1.82, 2.24) is 25.2 Å². The van der Waals surface area contributed by atoms with E-state index >= 15 is 0 Å². The van der Waals surface area contributed by atoms with Crippen molar-refractivity contribution < 1.29 is 14.3 Å². The molecule has 9 nitrogen and oxygen atoms in total. The number of rotatable bonds is 9. The summed E-state index contributed by atoms with van der Waals surface area (Å²) in [6, 6.07) is 13.5. The molecule has 0 atom stereocenters. The molecule has 0 bridgehead atoms. The van der Waals surface area contributed by atoms with Gasteiger partial charge in [-0.2, -0.15) is 5.10 Å². The summed E-state index contributed by atoms with van der Waals surface area (Å²) in [5, 5.41) is 14.4. The van der Waals surface area contributed by atoms with Gasteiger partial charge in [0.2, 0.25) is 0 Å². The van der Waals surface area contributed by atoms with E-state index in [1.165, 1.54) is 11.8 Å². The predicted molar refractivity (Wildman–Crippen MR) is 129 cm³/mol. The third-order valence-electron chi connectivity index (χ3n) is 5.02. The zero-order valence-corrected chi connectivity index (χ0v) is 19.3. The van der Waals surface area contributed by atoms with Crippen LogP contribution in [0.2, 0.25) is 0 Å². The van der Waals surface area contributed by atoms with Gasteiger partial charge < -0.3 is 19.0 Å². The van der Waals surface area contributed by atoms with Crippen LogP contribution in [0.3, 0.4) is 0 Å². The van der Waals surface area contributed by atoms with E-state index in [2.05, 4.69) is 25.7 Å². The average molecular weight is 465 g/mol. The first-order valence-electron chi connectivity index (χ1n) is 10.3. The SMILES string of the molecule is CCn1c(SCC(=O)N/N=C/c2c[nH]c3ccccc23)nnc1-c1ccc(OC)c(OC)c1. The summed E-state index contributed by atoms with van der Waals surface area (Å²) in [6.45, 7) is 2.66. The number of thioether (sulfide) groups is 1. The number of nitrogens with one attached hydrogen (secondary N) is 2. The first-order valence-corrected chi connectivity index (χ1v) is 11.3. The van der Waals surface area contributed by atoms with E-state index in [1.54, 1.807) is 20.4 Å². The predicted octanol–water partition coefficient (Wildman–Crippen LogP) is 3.71. The topological polar surface area (TPSA) is 106 Å². The number of aromatic amines is 1. The van der Waals surface area contributed by atoms with Gasteiger partial charge in [0.25, 0.3) is 5.91 Å². The number of para-hydroxylation sites is 1. The van der Waals surface area contributed by atoms with Crippen LogP contribution in [0.5, 0.6) is 11.5 Å². The molecule has 2 heterocycles. The van der Waals surface area contributed by atoms with E-state index < -0.39 is 0 Å². The van der Waals surface area contributed by atoms with Crippen molar-refractivity contribution in [3.63, 3.8) is 0 Å². The standard InChI is InChI=1S/C23H24N6O3S/c1-4-29-22(15-9-10-19(31-2)20(11-15)32-3)27-28-23(29)33-14-21(30)26-25-13-16-12-24-18-8-6-5-7-17(16)18/h5-13,24H,4,14H2,1-3H3,(H,26,30)/b25-13+. The lowest BCUT2D eigenvalue weighted by atomic mass is 10.2. The van der Waals surface area contributed by atoms with Gasteiger partial charge in [0.05, 0.1) is 26.2 Å². The highest BCUT2D eigenvalue weighted by atomic mass is 32.2. The van der Waals surface area contributed by atoms with E-state index in [-0.39, 0.29) is 11.7 Å². The summed E-state index contributed by atoms with van der Waals surface area (Å²) >= 11 is 1.30. The summed E-state index contributed by atoms with van der Waals surface area (Å²) in [4.78, 5) is 15.5. The second-order valence-electron chi connectivity index (χ2n) is 6.99. The van der Waals surface area contributed by atoms with E-state index in [4.69, 9.17) is 9.47 Å². The summed E-state index contributed by atoms with van der Waals surface area (Å²) < 4.78 is 12.6. The van der Waals surface area contributed by atoms with Crippen molar-refractivity contribution in [3.8, 4) is 22.9 Å². The molecule has 0 radical (unpaired) electrons. The van der Waals surface area contributed by atoms with Crippen LogP contribution in [0.1, 0.15) is 12.5 Å². The van der Waals surface area contributed by atoms with Crippen LogP contribution in [0.4, 0.5) is 0 Å². The van der Waals surface area contributed by atoms with Gasteiger partial charge in [-0.25, -0.2) is 5.43 Å². The van der Waals surface area contributed by atoms with E-state index in [0.717, 1.165) is 22.0 Å². The first-order chi connectivity index (χ1) is 16.1. The fraction of sp³-hybridized carbons (Fsp3) is 0.217. The molecule has 4 rings (SSSR count). The number of hydrazone groups is 1. The number of nitrogens with zero attached hydrogens (tertiary/aromatic N) is 4. The molecule has 0 aliphatic heterocycles. The molecule has 1 amide bonds. The Morgan fingerprint density at radius 1 is 1.18 bits per heavy atom. The molecular weight excluding hydrogens is 440 g/mol. The van der Waals surface area contributed by atoms with Crippen LogP contribution in [0.25, 0.3) is 22.3 Å². The van der Waals surface area contributed by atoms with Gasteiger partial charge in [0.1, 0.15) is 0 Å². The number of amides is 1. The van der Waals surface area contributed by atoms with Gasteiger partial charge in [0.15, 0.2) is 22.5 Å². The van der Waals surface area contributed by atoms with Crippen LogP contribution in [-0.4, -0.2) is 51.8 Å². The van der Waals surface area contributed by atoms with Crippen molar-refractivity contribution in [2.45, 2.75) is 18.6 Å². The maximum Gasteiger partial charge on any atom is 0.250 e. The van der Waals surface area contributed by atoms with Gasteiger partial charge in [-0.15, -0.1) is 10.2 Å². The Balaban J connectivity index is 1.40. The highest BCUT2D eigenvalue weighted by molar-refractivity contribution is 7.99. The van der Waals surface area contributed by atoms with Crippen molar-refractivity contribution in [2.24, 2.45) is 5.10 Å². The lowest BCUT2D eigenvalue weighted by molar-refractivity contribution is -0.118. The summed E-state index contributed by atoms with van der Waals surface area (Å²) in [5.74, 6) is 1.88. The smallest absolute Gasteiger partial charge is 0.250 e. The zero-order valence-electron chi connectivity index (χ0n) is 18.5. The van der Waals surface area contributed by atoms with Gasteiger partial charge >= 0.3 is 0 Å². The number of benzene rings is 2. The number of H-pyrrole nitrogens is 1. The number of methoxy groups -OCH3 is 2. The van der Waals surface area contributed by atoms with Crippen LogP contribution in [0.15, 0.2) is 58.9 Å². The van der Waals surface area contributed by atoms with Crippen molar-refractivity contribution in [2.75, 3.05) is 20.0 Å². The number of aromatic nitrogens is 4. The lowest BCUT2D eigenvalue weighted by Crippen LogP contribution is -2.20. The largest absolute Gasteiger partial charge is 0.493 e. The maximum absolute atomic E-state index is 12.3. The van der Waals surface area contributed by atoms with Crippen molar-refractivity contribution >= 4 is 34.8 Å². The molecule has 0 aliphatic carbocycles. The summed E-state index contributed by atoms with van der Waals surface area (Å²) in [6.07, 6.45) is 3.49. The fourth-order valence-corrected chi connectivity index (χ4v) is 4.20. The summed E-state index contributed by atoms with van der Waals surface area (Å²) in [7, 11) is 3.18. The van der Waals surface area contributed by atoms with Crippen molar-refractivity contribution in [1.29, 1.82) is 0 Å². The Bertz CT molecular complexity index is 1300. The van der Waals surface area contributed by atoms with Gasteiger partial charge in [0, 0.05) is 34.8 Å². The molecule has 170 valence electrons. The van der Waals surface area contributed by atoms with Crippen LogP contribution >= 0.6 is 11.8 Å². The average Bonchev–Trinajstić information content (AvgIpc) is 3.46. The third kappa shape index (κ3) is 4.85. The molecule has 2 aromatic carbocycles. The minimum Gasteiger partial charge on any atom is -0.493 e. The number of hydrogen-bond donors (Lipinski definition) is 2. The second-order valence-corrected chi connectivity index (χ2v) is 7.93. The number of ether oxygens (including phenoxy) is 2. The second kappa shape index (κ2) is 10.2. The first kappa shape index (κ1) is 22.4. The van der Waals surface area contributed by atoms with E-state index in [9.17, 15) is 4.79 Å². The molecule has 0 unspecified atom stereocenters. The number of fused-ring (bicyclic) bond motifs is 1. The van der Waals surface area contributed by atoms with Gasteiger partial charge in [-0.3, -0.25) is 4.79 Å². The minimum absolute atomic E-state index is 0.162. The Labute approximate surface area is 195 Å². The van der Waals surface area contributed by atoms with E-state index in [1.807, 2.05) is 60.2 Å². The van der Waals surface area contributed by atoms with Crippen LogP contribution in [-0.2, 0) is 11.3 Å². The molecule has 10 heteroatoms. The Hall–Kier alpha value is -3.79. The third-order valence-corrected chi connectivity index (χ3v) is 5.99. The molecule has 2 N–H and O–H groups in total. The quantitative estimate of drug-likeness (QED) is 0.222. The van der Waals surface area contributed by atoms with Crippen LogP contribution in [0, 0.1) is 0 Å². The van der Waals surface area contributed by atoms with Crippen molar-refractivity contribution in [3.05, 3.63) is 54.2 Å². The highest BCUT2D eigenvalue weighted by Gasteiger charge is 2.16. The molecule has 4 aromatic rings. The molecule has 0 saturated heterocycles. The van der Waals surface area contributed by atoms with Gasteiger partial charge in [-0.05, 0) is 31.2 Å². The molecule has 0 spiro atoms. The molecule has 2 aromatic heterocycles. The van der Waals surface area contributed by atoms with Gasteiger partial charge in [-0.1, -0.05) is 30.0 Å². The monoisotopic (exact) mass is 464 g/mol. The number of carbonyl (C=O) groups is 1.